The average molecular weight is 306 g/mol. The van der Waals surface area contributed by atoms with Gasteiger partial charge in [-0.2, -0.15) is 10.2 Å². The fraction of sp³-hybridized carbons (Fsp3) is 0.308. The maximum Gasteiger partial charge on any atom is 0.226 e. The molecule has 0 atom stereocenters. The van der Waals surface area contributed by atoms with Crippen LogP contribution >= 0.6 is 15.9 Å². The van der Waals surface area contributed by atoms with Gasteiger partial charge < -0.3 is 4.52 Å². The van der Waals surface area contributed by atoms with Gasteiger partial charge in [-0.15, -0.1) is 0 Å². The van der Waals surface area contributed by atoms with Crippen LogP contribution in [0.4, 0.5) is 0 Å². The Balaban J connectivity index is 2.14. The molecule has 0 spiro atoms. The summed E-state index contributed by atoms with van der Waals surface area (Å²) in [5.74, 6) is 1.17. The van der Waals surface area contributed by atoms with Crippen LogP contribution in [0.15, 0.2) is 27.2 Å². The lowest BCUT2D eigenvalue weighted by atomic mass is 10.1. The number of benzene rings is 1. The van der Waals surface area contributed by atoms with E-state index >= 15 is 0 Å². The normalized spacial score (nSPS) is 10.3. The average Bonchev–Trinajstić information content (AvgIpc) is 2.82. The predicted octanol–water partition coefficient (Wildman–Crippen LogP) is 3.65. The third kappa shape index (κ3) is 2.96. The highest BCUT2D eigenvalue weighted by Crippen LogP contribution is 2.23. The van der Waals surface area contributed by atoms with Crippen molar-refractivity contribution in [2.24, 2.45) is 0 Å². The molecule has 0 radical (unpaired) electrons. The highest BCUT2D eigenvalue weighted by Gasteiger charge is 2.09. The zero-order valence-corrected chi connectivity index (χ0v) is 11.6. The Bertz CT molecular complexity index is 586. The van der Waals surface area contributed by atoms with Gasteiger partial charge in [0.05, 0.1) is 6.07 Å². The quantitative estimate of drug-likeness (QED) is 0.809. The minimum Gasteiger partial charge on any atom is -0.339 e. The predicted molar refractivity (Wildman–Crippen MR) is 70.7 cm³/mol. The molecule has 1 aromatic carbocycles. The first-order chi connectivity index (χ1) is 8.70. The SMILES string of the molecule is Cc1ccc(-c2noc(CCCC#N)n2)cc1Br. The summed E-state index contributed by atoms with van der Waals surface area (Å²) in [6.45, 7) is 2.03. The van der Waals surface area contributed by atoms with Crippen molar-refractivity contribution in [3.8, 4) is 17.5 Å². The summed E-state index contributed by atoms with van der Waals surface area (Å²) in [4.78, 5) is 4.32. The molecule has 0 aliphatic heterocycles. The van der Waals surface area contributed by atoms with E-state index < -0.39 is 0 Å². The summed E-state index contributed by atoms with van der Waals surface area (Å²) in [7, 11) is 0. The molecule has 92 valence electrons. The second kappa shape index (κ2) is 5.78. The molecule has 0 N–H and O–H groups in total. The molecule has 0 unspecified atom stereocenters. The third-order valence-electron chi connectivity index (χ3n) is 2.58. The maximum absolute atomic E-state index is 8.46. The lowest BCUT2D eigenvalue weighted by molar-refractivity contribution is 0.376. The van der Waals surface area contributed by atoms with Crippen molar-refractivity contribution in [3.05, 3.63) is 34.1 Å². The Kier molecular flexibility index (Phi) is 4.11. The van der Waals surface area contributed by atoms with Gasteiger partial charge in [-0.3, -0.25) is 0 Å². The maximum atomic E-state index is 8.46. The molecule has 0 fully saturated rings. The van der Waals surface area contributed by atoms with E-state index in [1.165, 1.54) is 0 Å². The van der Waals surface area contributed by atoms with Crippen LogP contribution in [-0.4, -0.2) is 10.1 Å². The van der Waals surface area contributed by atoms with Crippen LogP contribution in [-0.2, 0) is 6.42 Å². The number of aryl methyl sites for hydroxylation is 2. The number of aromatic nitrogens is 2. The fourth-order valence-corrected chi connectivity index (χ4v) is 1.90. The second-order valence-electron chi connectivity index (χ2n) is 3.99. The van der Waals surface area contributed by atoms with Gasteiger partial charge in [0, 0.05) is 22.9 Å². The van der Waals surface area contributed by atoms with E-state index in [-0.39, 0.29) is 0 Å². The van der Waals surface area contributed by atoms with E-state index in [0.717, 1.165) is 22.0 Å². The van der Waals surface area contributed by atoms with Crippen LogP contribution in [0.25, 0.3) is 11.4 Å². The van der Waals surface area contributed by atoms with Crippen molar-refractivity contribution in [1.29, 1.82) is 5.26 Å². The highest BCUT2D eigenvalue weighted by atomic mass is 79.9. The lowest BCUT2D eigenvalue weighted by Gasteiger charge is -1.99. The number of halogens is 1. The van der Waals surface area contributed by atoms with Crippen LogP contribution in [0.3, 0.4) is 0 Å². The lowest BCUT2D eigenvalue weighted by Crippen LogP contribution is -1.86. The van der Waals surface area contributed by atoms with Crippen molar-refractivity contribution in [2.75, 3.05) is 0 Å². The molecule has 0 aliphatic carbocycles. The topological polar surface area (TPSA) is 62.7 Å². The number of unbranched alkanes of at least 4 members (excludes halogenated alkanes) is 1. The molecule has 0 aliphatic rings. The Morgan fingerprint density at radius 2 is 2.28 bits per heavy atom. The molecule has 2 aromatic rings. The van der Waals surface area contributed by atoms with Crippen LogP contribution in [0.5, 0.6) is 0 Å². The zero-order valence-electron chi connectivity index (χ0n) is 9.98. The summed E-state index contributed by atoms with van der Waals surface area (Å²) < 4.78 is 6.17. The van der Waals surface area contributed by atoms with E-state index in [4.69, 9.17) is 9.78 Å². The van der Waals surface area contributed by atoms with E-state index in [0.29, 0.717) is 24.6 Å². The minimum atomic E-state index is 0.508. The van der Waals surface area contributed by atoms with Crippen LogP contribution < -0.4 is 0 Å². The molecule has 1 heterocycles. The van der Waals surface area contributed by atoms with Gasteiger partial charge >= 0.3 is 0 Å². The minimum absolute atomic E-state index is 0.508. The van der Waals surface area contributed by atoms with Crippen LogP contribution in [0, 0.1) is 18.3 Å². The molecular weight excluding hydrogens is 294 g/mol. The summed E-state index contributed by atoms with van der Waals surface area (Å²) in [6.07, 6.45) is 1.90. The number of nitrogens with zero attached hydrogens (tertiary/aromatic N) is 3. The van der Waals surface area contributed by atoms with E-state index in [1.807, 2.05) is 25.1 Å². The van der Waals surface area contributed by atoms with Crippen molar-refractivity contribution >= 4 is 15.9 Å². The van der Waals surface area contributed by atoms with Gasteiger partial charge in [0.1, 0.15) is 0 Å². The third-order valence-corrected chi connectivity index (χ3v) is 3.43. The molecule has 18 heavy (non-hydrogen) atoms. The molecule has 5 heteroatoms. The number of hydrogen-bond acceptors (Lipinski definition) is 4. The highest BCUT2D eigenvalue weighted by molar-refractivity contribution is 9.10. The Morgan fingerprint density at radius 1 is 1.44 bits per heavy atom. The van der Waals surface area contributed by atoms with Crippen molar-refractivity contribution in [1.82, 2.24) is 10.1 Å². The number of rotatable bonds is 4. The summed E-state index contributed by atoms with van der Waals surface area (Å²) in [5.41, 5.74) is 2.08. The van der Waals surface area contributed by atoms with Gasteiger partial charge in [-0.1, -0.05) is 33.2 Å². The first kappa shape index (κ1) is 12.8. The van der Waals surface area contributed by atoms with E-state index in [9.17, 15) is 0 Å². The van der Waals surface area contributed by atoms with Crippen LogP contribution in [0.2, 0.25) is 0 Å². The van der Waals surface area contributed by atoms with Gasteiger partial charge in [0.2, 0.25) is 11.7 Å². The number of nitriles is 1. The van der Waals surface area contributed by atoms with Crippen molar-refractivity contribution in [3.63, 3.8) is 0 Å². The molecule has 0 amide bonds. The zero-order chi connectivity index (χ0) is 13.0. The van der Waals surface area contributed by atoms with Gasteiger partial charge in [-0.05, 0) is 25.0 Å². The van der Waals surface area contributed by atoms with Crippen molar-refractivity contribution in [2.45, 2.75) is 26.2 Å². The molecular formula is C13H12BrN3O. The van der Waals surface area contributed by atoms with E-state index in [2.05, 4.69) is 32.1 Å². The van der Waals surface area contributed by atoms with Crippen molar-refractivity contribution < 1.29 is 4.52 Å². The fourth-order valence-electron chi connectivity index (χ4n) is 1.52. The summed E-state index contributed by atoms with van der Waals surface area (Å²) in [5, 5.41) is 12.4. The molecule has 1 aromatic heterocycles. The Labute approximate surface area is 114 Å². The Hall–Kier alpha value is -1.67. The van der Waals surface area contributed by atoms with E-state index in [1.54, 1.807) is 0 Å². The molecule has 0 saturated carbocycles. The monoisotopic (exact) mass is 305 g/mol. The van der Waals surface area contributed by atoms with Gasteiger partial charge in [0.25, 0.3) is 0 Å². The first-order valence-corrected chi connectivity index (χ1v) is 6.46. The molecule has 4 nitrogen and oxygen atoms in total. The molecule has 0 bridgehead atoms. The summed E-state index contributed by atoms with van der Waals surface area (Å²) in [6, 6.07) is 8.03. The smallest absolute Gasteiger partial charge is 0.226 e. The van der Waals surface area contributed by atoms with Crippen LogP contribution in [0.1, 0.15) is 24.3 Å². The first-order valence-electron chi connectivity index (χ1n) is 5.67. The molecule has 0 saturated heterocycles. The largest absolute Gasteiger partial charge is 0.339 e. The number of hydrogen-bond donors (Lipinski definition) is 0. The van der Waals surface area contributed by atoms with Gasteiger partial charge in [-0.25, -0.2) is 0 Å². The second-order valence-corrected chi connectivity index (χ2v) is 4.84. The molecule has 2 rings (SSSR count). The standard InChI is InChI=1S/C13H12BrN3O/c1-9-5-6-10(8-11(9)14)13-16-12(18-17-13)4-2-3-7-15/h5-6,8H,2-4H2,1H3. The summed E-state index contributed by atoms with van der Waals surface area (Å²) >= 11 is 3.48. The van der Waals surface area contributed by atoms with Gasteiger partial charge in [0.15, 0.2) is 0 Å². The Morgan fingerprint density at radius 3 is 3.00 bits per heavy atom.